The number of esters is 4. The molecule has 0 aliphatic carbocycles. The minimum Gasteiger partial charge on any atom is -0.468 e. The van der Waals surface area contributed by atoms with E-state index >= 15 is 0 Å². The van der Waals surface area contributed by atoms with Crippen molar-refractivity contribution >= 4 is 93.6 Å². The fourth-order valence-corrected chi connectivity index (χ4v) is 6.62. The fourth-order valence-electron chi connectivity index (χ4n) is 4.10. The van der Waals surface area contributed by atoms with Crippen molar-refractivity contribution in [3.8, 4) is 0 Å². The Labute approximate surface area is 257 Å². The van der Waals surface area contributed by atoms with Gasteiger partial charge < -0.3 is 24.3 Å². The summed E-state index contributed by atoms with van der Waals surface area (Å²) in [6.07, 6.45) is -0.239. The monoisotopic (exact) mass is 670 g/mol. The van der Waals surface area contributed by atoms with E-state index in [1.807, 2.05) is 5.38 Å². The van der Waals surface area contributed by atoms with Crippen LogP contribution in [0.5, 0.6) is 0 Å². The number of amides is 2. The maximum Gasteiger partial charge on any atom is 0.355 e. The Morgan fingerprint density at radius 2 is 1.76 bits per heavy atom. The third-order valence-electron chi connectivity index (χ3n) is 5.92. The summed E-state index contributed by atoms with van der Waals surface area (Å²) in [5, 5.41) is 2.74. The molecule has 3 heterocycles. The smallest absolute Gasteiger partial charge is 0.355 e. The number of hydrogen-bond acceptors (Lipinski definition) is 12. The van der Waals surface area contributed by atoms with Crippen LogP contribution in [0.15, 0.2) is 28.8 Å². The molecular weight excluding hydrogens is 647 g/mol. The maximum absolute atomic E-state index is 13.3. The van der Waals surface area contributed by atoms with E-state index in [9.17, 15) is 28.8 Å². The number of rotatable bonds is 11. The second-order valence-electron chi connectivity index (χ2n) is 8.70. The number of methoxy groups -OCH3 is 2. The van der Waals surface area contributed by atoms with Crippen molar-refractivity contribution < 1.29 is 47.7 Å². The van der Waals surface area contributed by atoms with E-state index in [0.29, 0.717) is 0 Å². The number of nitrogens with one attached hydrogen (secondary N) is 1. The van der Waals surface area contributed by atoms with Crippen LogP contribution < -0.4 is 5.32 Å². The van der Waals surface area contributed by atoms with Gasteiger partial charge in [-0.25, -0.2) is 4.79 Å². The number of hydrogen-bond donors (Lipinski definition) is 1. The van der Waals surface area contributed by atoms with Gasteiger partial charge in [0.1, 0.15) is 30.3 Å². The molecule has 0 bridgehead atoms. The Morgan fingerprint density at radius 3 is 2.29 bits per heavy atom. The summed E-state index contributed by atoms with van der Waals surface area (Å²) >= 11 is 19.7. The molecule has 1 fully saturated rings. The Bertz CT molecular complexity index is 1220. The van der Waals surface area contributed by atoms with Gasteiger partial charge in [-0.1, -0.05) is 40.9 Å². The summed E-state index contributed by atoms with van der Waals surface area (Å²) in [6.45, 7) is -0.0414. The van der Waals surface area contributed by atoms with Gasteiger partial charge >= 0.3 is 23.9 Å². The van der Waals surface area contributed by atoms with Gasteiger partial charge in [-0.15, -0.1) is 23.1 Å². The van der Waals surface area contributed by atoms with Crippen LogP contribution in [0, 0.1) is 5.92 Å². The molecule has 224 valence electrons. The van der Waals surface area contributed by atoms with Gasteiger partial charge in [0.05, 0.1) is 20.6 Å². The number of carbonyl (C=O) groups excluding carboxylic acids is 6. The van der Waals surface area contributed by atoms with E-state index in [1.165, 1.54) is 11.3 Å². The second kappa shape index (κ2) is 14.1. The Hall–Kier alpha value is -2.52. The van der Waals surface area contributed by atoms with Crippen molar-refractivity contribution in [1.29, 1.82) is 0 Å². The van der Waals surface area contributed by atoms with Crippen molar-refractivity contribution in [3.63, 3.8) is 0 Å². The number of thiophene rings is 1. The molecule has 2 unspecified atom stereocenters. The quantitative estimate of drug-likeness (QED) is 0.121. The Kier molecular flexibility index (Phi) is 11.3. The van der Waals surface area contributed by atoms with Crippen LogP contribution in [0.3, 0.4) is 0 Å². The average molecular weight is 672 g/mol. The van der Waals surface area contributed by atoms with Gasteiger partial charge in [0.25, 0.3) is 5.91 Å². The molecule has 0 spiro atoms. The number of thioether (sulfide) groups is 1. The van der Waals surface area contributed by atoms with Crippen LogP contribution in [0.2, 0.25) is 0 Å². The van der Waals surface area contributed by atoms with Gasteiger partial charge in [-0.3, -0.25) is 28.9 Å². The molecule has 17 heteroatoms. The zero-order chi connectivity index (χ0) is 30.5. The van der Waals surface area contributed by atoms with Crippen molar-refractivity contribution in [2.24, 2.45) is 5.92 Å². The van der Waals surface area contributed by atoms with Gasteiger partial charge in [0.2, 0.25) is 9.70 Å². The molecule has 3 rings (SSSR count). The summed E-state index contributed by atoms with van der Waals surface area (Å²) in [6, 6.07) is 2.50. The lowest BCUT2D eigenvalue weighted by Gasteiger charge is -2.51. The minimum absolute atomic E-state index is 0.0285. The zero-order valence-electron chi connectivity index (χ0n) is 21.8. The molecule has 1 aromatic heterocycles. The maximum atomic E-state index is 13.3. The number of alkyl halides is 3. The third kappa shape index (κ3) is 8.28. The lowest BCUT2D eigenvalue weighted by molar-refractivity contribution is -0.159. The molecule has 1 N–H and O–H groups in total. The van der Waals surface area contributed by atoms with E-state index < -0.39 is 75.3 Å². The molecule has 1 saturated heterocycles. The number of β-lactam (4-membered cyclic amide) rings is 1. The van der Waals surface area contributed by atoms with Crippen molar-refractivity contribution in [2.45, 2.75) is 40.2 Å². The summed E-state index contributed by atoms with van der Waals surface area (Å²) in [4.78, 5) is 77.8. The summed E-state index contributed by atoms with van der Waals surface area (Å²) in [7, 11) is 2.18. The van der Waals surface area contributed by atoms with Crippen LogP contribution in [-0.2, 0) is 54.1 Å². The highest BCUT2D eigenvalue weighted by Crippen LogP contribution is 2.47. The van der Waals surface area contributed by atoms with Crippen LogP contribution in [0.25, 0.3) is 0 Å². The van der Waals surface area contributed by atoms with Crippen molar-refractivity contribution in [1.82, 2.24) is 10.2 Å². The molecule has 3 atom stereocenters. The predicted molar refractivity (Wildman–Crippen MR) is 149 cm³/mol. The molecule has 2 aliphatic rings. The summed E-state index contributed by atoms with van der Waals surface area (Å²) in [5.74, 6) is -6.10. The van der Waals surface area contributed by atoms with Gasteiger partial charge in [0.15, 0.2) is 5.92 Å². The number of carbonyl (C=O) groups is 6. The van der Waals surface area contributed by atoms with Gasteiger partial charge in [-0.05, 0) is 17.9 Å². The molecule has 0 radical (unpaired) electrons. The number of halogens is 3. The van der Waals surface area contributed by atoms with E-state index in [0.717, 1.165) is 42.7 Å². The normalized spacial score (nSPS) is 20.1. The van der Waals surface area contributed by atoms with Crippen molar-refractivity contribution in [2.75, 3.05) is 27.4 Å². The zero-order valence-corrected chi connectivity index (χ0v) is 25.8. The van der Waals surface area contributed by atoms with Gasteiger partial charge in [0, 0.05) is 22.6 Å². The second-order valence-corrected chi connectivity index (χ2v) is 13.6. The predicted octanol–water partition coefficient (Wildman–Crippen LogP) is 2.14. The standard InChI is InChI=1S/C24H25Cl3N2O10S2/c1-11(30)38-9-14-15(8-13(21(33)36-2)22(34)37-3)41-20-17(28-16(31)7-12-5-4-6-40-12)19(32)29(20)18(14)23(35)39-10-24(25,26)27/h4-6,13,15,17,20H,7-10H2,1-3H3,(H,28,31)/t15?,17?,20-/m1/s1. The first-order chi connectivity index (χ1) is 19.3. The topological polar surface area (TPSA) is 155 Å². The minimum atomic E-state index is -1.98. The van der Waals surface area contributed by atoms with E-state index in [4.69, 9.17) is 53.8 Å². The fraction of sp³-hybridized carbons (Fsp3) is 0.500. The van der Waals surface area contributed by atoms with Crippen LogP contribution in [0.4, 0.5) is 0 Å². The van der Waals surface area contributed by atoms with Crippen LogP contribution in [-0.4, -0.2) is 88.5 Å². The molecular formula is C24H25Cl3N2O10S2. The first kappa shape index (κ1) is 33.0. The number of nitrogens with zero attached hydrogens (tertiary/aromatic N) is 1. The van der Waals surface area contributed by atoms with E-state index in [-0.39, 0.29) is 24.1 Å². The highest BCUT2D eigenvalue weighted by Gasteiger charge is 2.57. The molecule has 0 aromatic carbocycles. The summed E-state index contributed by atoms with van der Waals surface area (Å²) < 4.78 is 17.8. The molecule has 0 saturated carbocycles. The highest BCUT2D eigenvalue weighted by molar-refractivity contribution is 8.00. The Balaban J connectivity index is 2.01. The largest absolute Gasteiger partial charge is 0.468 e. The average Bonchev–Trinajstić information content (AvgIpc) is 3.43. The van der Waals surface area contributed by atoms with Gasteiger partial charge in [-0.2, -0.15) is 0 Å². The number of ether oxygens (including phenoxy) is 4. The molecule has 2 amide bonds. The molecule has 41 heavy (non-hydrogen) atoms. The lowest BCUT2D eigenvalue weighted by atomic mass is 9.95. The first-order valence-corrected chi connectivity index (χ1v) is 14.8. The number of fused-ring (bicyclic) bond motifs is 1. The lowest BCUT2D eigenvalue weighted by Crippen LogP contribution is -2.71. The van der Waals surface area contributed by atoms with Crippen LogP contribution >= 0.6 is 57.9 Å². The van der Waals surface area contributed by atoms with Crippen LogP contribution in [0.1, 0.15) is 18.2 Å². The SMILES string of the molecule is COC(=O)C(CC1S[C@@H]2C(NC(=O)Cc3cccs3)C(=O)N2C(C(=O)OCC(Cl)(Cl)Cl)=C1COC(C)=O)C(=O)OC. The van der Waals surface area contributed by atoms with E-state index in [2.05, 4.69) is 5.32 Å². The molecule has 2 aliphatic heterocycles. The summed E-state index contributed by atoms with van der Waals surface area (Å²) in [5.41, 5.74) is -0.262. The van der Waals surface area contributed by atoms with E-state index in [1.54, 1.807) is 12.1 Å². The third-order valence-corrected chi connectivity index (χ3v) is 8.70. The highest BCUT2D eigenvalue weighted by atomic mass is 35.6. The molecule has 1 aromatic rings. The Morgan fingerprint density at radius 1 is 1.10 bits per heavy atom. The molecule has 12 nitrogen and oxygen atoms in total. The van der Waals surface area contributed by atoms with Crippen molar-refractivity contribution in [3.05, 3.63) is 33.7 Å². The first-order valence-electron chi connectivity index (χ1n) is 11.8.